The maximum absolute atomic E-state index is 11.7. The molecule has 0 aliphatic carbocycles. The van der Waals surface area contributed by atoms with Crippen LogP contribution in [0.4, 0.5) is 0 Å². The summed E-state index contributed by atoms with van der Waals surface area (Å²) in [6.07, 6.45) is 0. The lowest BCUT2D eigenvalue weighted by atomic mass is 9.94. The summed E-state index contributed by atoms with van der Waals surface area (Å²) in [4.78, 5) is 11.7. The van der Waals surface area contributed by atoms with Crippen molar-refractivity contribution >= 4 is 17.1 Å². The molecule has 0 aliphatic rings. The first-order valence-corrected chi connectivity index (χ1v) is 6.57. The molecule has 20 heavy (non-hydrogen) atoms. The second kappa shape index (κ2) is 5.74. The fourth-order valence-electron chi connectivity index (χ4n) is 2.32. The molecule has 0 saturated heterocycles. The molecule has 2 aromatic carbocycles. The van der Waals surface area contributed by atoms with Gasteiger partial charge in [-0.1, -0.05) is 59.7 Å². The summed E-state index contributed by atoms with van der Waals surface area (Å²) < 4.78 is 0. The average Bonchev–Trinajstić information content (AvgIpc) is 2.38. The second-order valence-corrected chi connectivity index (χ2v) is 5.04. The van der Waals surface area contributed by atoms with Crippen LogP contribution in [0.2, 0.25) is 0 Å². The third-order valence-electron chi connectivity index (χ3n) is 3.35. The van der Waals surface area contributed by atoms with Crippen molar-refractivity contribution in [3.05, 3.63) is 70.8 Å². The van der Waals surface area contributed by atoms with Crippen LogP contribution < -0.4 is 0 Å². The van der Waals surface area contributed by atoms with Gasteiger partial charge in [0.05, 0.1) is 5.57 Å². The molecular formula is C18H18O2. The minimum Gasteiger partial charge on any atom is -0.478 e. The molecule has 2 aromatic rings. The third kappa shape index (κ3) is 2.97. The van der Waals surface area contributed by atoms with Gasteiger partial charge in [0.25, 0.3) is 0 Å². The summed E-state index contributed by atoms with van der Waals surface area (Å²) in [5.74, 6) is -0.894. The van der Waals surface area contributed by atoms with Gasteiger partial charge in [0.15, 0.2) is 0 Å². The van der Waals surface area contributed by atoms with Crippen LogP contribution in [0.3, 0.4) is 0 Å². The van der Waals surface area contributed by atoms with E-state index in [2.05, 4.69) is 0 Å². The molecule has 0 radical (unpaired) electrons. The highest BCUT2D eigenvalue weighted by atomic mass is 16.4. The van der Waals surface area contributed by atoms with Crippen molar-refractivity contribution in [2.24, 2.45) is 0 Å². The van der Waals surface area contributed by atoms with Crippen LogP contribution in [0.5, 0.6) is 0 Å². The normalized spacial score (nSPS) is 11.9. The van der Waals surface area contributed by atoms with E-state index >= 15 is 0 Å². The minimum absolute atomic E-state index is 0.360. The van der Waals surface area contributed by atoms with Crippen LogP contribution in [0.25, 0.3) is 11.1 Å². The summed E-state index contributed by atoms with van der Waals surface area (Å²) >= 11 is 0. The van der Waals surface area contributed by atoms with Crippen molar-refractivity contribution in [1.82, 2.24) is 0 Å². The van der Waals surface area contributed by atoms with Crippen LogP contribution in [-0.2, 0) is 4.79 Å². The number of allylic oxidation sites excluding steroid dienone is 1. The van der Waals surface area contributed by atoms with Gasteiger partial charge < -0.3 is 5.11 Å². The molecule has 0 amide bonds. The predicted molar refractivity (Wildman–Crippen MR) is 82.5 cm³/mol. The van der Waals surface area contributed by atoms with Crippen molar-refractivity contribution in [1.29, 1.82) is 0 Å². The SMILES string of the molecule is C/C(=C(\C(=O)O)c1cccc(C)c1)c1cccc(C)c1. The lowest BCUT2D eigenvalue weighted by Gasteiger charge is -2.10. The Hall–Kier alpha value is -2.35. The second-order valence-electron chi connectivity index (χ2n) is 5.04. The van der Waals surface area contributed by atoms with Gasteiger partial charge in [-0.25, -0.2) is 4.79 Å². The molecule has 0 atom stereocenters. The van der Waals surface area contributed by atoms with E-state index in [0.29, 0.717) is 5.57 Å². The maximum atomic E-state index is 11.7. The van der Waals surface area contributed by atoms with E-state index in [0.717, 1.165) is 27.8 Å². The van der Waals surface area contributed by atoms with E-state index in [9.17, 15) is 9.90 Å². The molecule has 1 N–H and O–H groups in total. The molecule has 0 fully saturated rings. The Morgan fingerprint density at radius 2 is 1.40 bits per heavy atom. The minimum atomic E-state index is -0.894. The number of aliphatic carboxylic acids is 1. The van der Waals surface area contributed by atoms with Gasteiger partial charge in [-0.15, -0.1) is 0 Å². The molecule has 0 heterocycles. The number of hydrogen-bond donors (Lipinski definition) is 1. The van der Waals surface area contributed by atoms with E-state index < -0.39 is 5.97 Å². The lowest BCUT2D eigenvalue weighted by Crippen LogP contribution is -2.03. The number of hydrogen-bond acceptors (Lipinski definition) is 1. The molecule has 0 aliphatic heterocycles. The fourth-order valence-corrected chi connectivity index (χ4v) is 2.32. The zero-order chi connectivity index (χ0) is 14.7. The van der Waals surface area contributed by atoms with Gasteiger partial charge in [-0.3, -0.25) is 0 Å². The monoisotopic (exact) mass is 266 g/mol. The predicted octanol–water partition coefficient (Wildman–Crippen LogP) is 4.32. The molecule has 0 unspecified atom stereocenters. The number of carbonyl (C=O) groups is 1. The summed E-state index contributed by atoms with van der Waals surface area (Å²) in [5, 5.41) is 9.56. The molecule has 0 saturated carbocycles. The highest BCUT2D eigenvalue weighted by Crippen LogP contribution is 2.27. The van der Waals surface area contributed by atoms with Gasteiger partial charge in [0.2, 0.25) is 0 Å². The molecule has 0 aromatic heterocycles. The number of benzene rings is 2. The maximum Gasteiger partial charge on any atom is 0.336 e. The van der Waals surface area contributed by atoms with Gasteiger partial charge in [-0.2, -0.15) is 0 Å². The van der Waals surface area contributed by atoms with E-state index in [4.69, 9.17) is 0 Å². The first-order chi connectivity index (χ1) is 9.49. The van der Waals surface area contributed by atoms with Gasteiger partial charge in [0.1, 0.15) is 0 Å². The Bertz CT molecular complexity index is 681. The molecular weight excluding hydrogens is 248 g/mol. The number of carboxylic acid groups (broad SMARTS) is 1. The quantitative estimate of drug-likeness (QED) is 0.663. The van der Waals surface area contributed by atoms with E-state index in [1.165, 1.54) is 0 Å². The fraction of sp³-hybridized carbons (Fsp3) is 0.167. The van der Waals surface area contributed by atoms with E-state index in [1.54, 1.807) is 0 Å². The molecule has 2 rings (SSSR count). The van der Waals surface area contributed by atoms with Crippen LogP contribution in [0.1, 0.15) is 29.2 Å². The van der Waals surface area contributed by atoms with Crippen LogP contribution in [0.15, 0.2) is 48.5 Å². The van der Waals surface area contributed by atoms with Crippen LogP contribution >= 0.6 is 0 Å². The van der Waals surface area contributed by atoms with Crippen molar-refractivity contribution in [2.45, 2.75) is 20.8 Å². The van der Waals surface area contributed by atoms with Crippen molar-refractivity contribution in [3.8, 4) is 0 Å². The summed E-state index contributed by atoms with van der Waals surface area (Å²) in [7, 11) is 0. The Morgan fingerprint density at radius 3 is 1.90 bits per heavy atom. The summed E-state index contributed by atoms with van der Waals surface area (Å²) in [6.45, 7) is 5.83. The van der Waals surface area contributed by atoms with Crippen molar-refractivity contribution in [3.63, 3.8) is 0 Å². The number of aryl methyl sites for hydroxylation is 2. The topological polar surface area (TPSA) is 37.3 Å². The van der Waals surface area contributed by atoms with Gasteiger partial charge >= 0.3 is 5.97 Å². The van der Waals surface area contributed by atoms with E-state index in [-0.39, 0.29) is 0 Å². The highest BCUT2D eigenvalue weighted by Gasteiger charge is 2.15. The molecule has 2 heteroatoms. The van der Waals surface area contributed by atoms with Gasteiger partial charge in [0, 0.05) is 0 Å². The molecule has 102 valence electrons. The smallest absolute Gasteiger partial charge is 0.336 e. The first kappa shape index (κ1) is 14.1. The molecule has 0 bridgehead atoms. The van der Waals surface area contributed by atoms with E-state index in [1.807, 2.05) is 69.3 Å². The average molecular weight is 266 g/mol. The summed E-state index contributed by atoms with van der Waals surface area (Å²) in [6, 6.07) is 15.5. The Morgan fingerprint density at radius 1 is 0.900 bits per heavy atom. The summed E-state index contributed by atoms with van der Waals surface area (Å²) in [5.41, 5.74) is 5.01. The lowest BCUT2D eigenvalue weighted by molar-refractivity contribution is -0.130. The Labute approximate surface area is 119 Å². The van der Waals surface area contributed by atoms with Crippen molar-refractivity contribution in [2.75, 3.05) is 0 Å². The highest BCUT2D eigenvalue weighted by molar-refractivity contribution is 6.23. The zero-order valence-electron chi connectivity index (χ0n) is 12.0. The number of carboxylic acids is 1. The van der Waals surface area contributed by atoms with Crippen molar-refractivity contribution < 1.29 is 9.90 Å². The molecule has 2 nitrogen and oxygen atoms in total. The number of rotatable bonds is 3. The molecule has 0 spiro atoms. The third-order valence-corrected chi connectivity index (χ3v) is 3.35. The standard InChI is InChI=1S/C18H18O2/c1-12-6-4-8-15(10-12)14(3)17(18(19)20)16-9-5-7-13(2)11-16/h4-11H,1-3H3,(H,19,20)/b17-14+. The largest absolute Gasteiger partial charge is 0.478 e. The first-order valence-electron chi connectivity index (χ1n) is 6.57. The Balaban J connectivity index is 2.63. The Kier molecular flexibility index (Phi) is 4.04. The zero-order valence-corrected chi connectivity index (χ0v) is 12.0. The van der Waals surface area contributed by atoms with Gasteiger partial charge in [-0.05, 0) is 37.5 Å². The van der Waals surface area contributed by atoms with Crippen LogP contribution in [-0.4, -0.2) is 11.1 Å². The van der Waals surface area contributed by atoms with Crippen LogP contribution in [0, 0.1) is 13.8 Å².